The van der Waals surface area contributed by atoms with Crippen molar-refractivity contribution in [2.24, 2.45) is 0 Å². The Balaban J connectivity index is 1.64. The maximum absolute atomic E-state index is 9.58. The zero-order valence-electron chi connectivity index (χ0n) is 15.9. The highest BCUT2D eigenvalue weighted by atomic mass is 16.3. The second kappa shape index (κ2) is 8.99. The van der Waals surface area contributed by atoms with Crippen LogP contribution in [0.25, 0.3) is 0 Å². The molecule has 1 fully saturated rings. The summed E-state index contributed by atoms with van der Waals surface area (Å²) in [5.74, 6) is 1.17. The molecule has 26 heavy (non-hydrogen) atoms. The van der Waals surface area contributed by atoms with Crippen LogP contribution in [0.5, 0.6) is 5.75 Å². The van der Waals surface area contributed by atoms with E-state index in [0.29, 0.717) is 12.3 Å². The maximum atomic E-state index is 9.58. The molecule has 5 nitrogen and oxygen atoms in total. The van der Waals surface area contributed by atoms with Crippen molar-refractivity contribution < 1.29 is 5.11 Å². The Morgan fingerprint density at radius 3 is 2.58 bits per heavy atom. The lowest BCUT2D eigenvalue weighted by Gasteiger charge is -2.25. The number of hydrogen-bond acceptors (Lipinski definition) is 5. The van der Waals surface area contributed by atoms with Gasteiger partial charge in [-0.15, -0.1) is 0 Å². The van der Waals surface area contributed by atoms with Crippen LogP contribution in [-0.2, 0) is 6.54 Å². The summed E-state index contributed by atoms with van der Waals surface area (Å²) in [6, 6.07) is 7.50. The molecule has 3 rings (SSSR count). The minimum Gasteiger partial charge on any atom is -0.508 e. The lowest BCUT2D eigenvalue weighted by Crippen LogP contribution is -2.29. The van der Waals surface area contributed by atoms with Crippen LogP contribution in [0, 0.1) is 6.92 Å². The highest BCUT2D eigenvalue weighted by Gasteiger charge is 2.15. The van der Waals surface area contributed by atoms with Crippen molar-refractivity contribution >= 4 is 5.95 Å². The number of aryl methyl sites for hydroxylation is 1. The Morgan fingerprint density at radius 1 is 1.15 bits per heavy atom. The molecular weight excluding hydrogens is 324 g/mol. The number of aromatic nitrogens is 2. The topological polar surface area (TPSA) is 61.3 Å². The fourth-order valence-electron chi connectivity index (χ4n) is 3.54. The summed E-state index contributed by atoms with van der Waals surface area (Å²) in [5.41, 5.74) is 3.22. The minimum atomic E-state index is 0.152. The maximum Gasteiger partial charge on any atom is 0.225 e. The van der Waals surface area contributed by atoms with Crippen molar-refractivity contribution in [2.45, 2.75) is 58.5 Å². The van der Waals surface area contributed by atoms with E-state index in [1.165, 1.54) is 32.1 Å². The minimum absolute atomic E-state index is 0.152. The first-order valence-corrected chi connectivity index (χ1v) is 9.73. The van der Waals surface area contributed by atoms with Gasteiger partial charge in [0.25, 0.3) is 0 Å². The Labute approximate surface area is 156 Å². The molecule has 2 aromatic rings. The molecule has 140 valence electrons. The highest BCUT2D eigenvalue weighted by molar-refractivity contribution is 5.34. The predicted molar refractivity (Wildman–Crippen MR) is 105 cm³/mol. The number of benzene rings is 1. The first-order chi connectivity index (χ1) is 12.6. The number of rotatable bonds is 5. The van der Waals surface area contributed by atoms with Crippen LogP contribution in [-0.4, -0.2) is 28.2 Å². The summed E-state index contributed by atoms with van der Waals surface area (Å²) in [5, 5.41) is 13.1. The van der Waals surface area contributed by atoms with Crippen LogP contribution in [0.3, 0.4) is 0 Å². The molecule has 0 amide bonds. The van der Waals surface area contributed by atoms with Gasteiger partial charge >= 0.3 is 0 Å². The molecule has 0 saturated carbocycles. The standard InChI is InChI=1S/C21H30N4O/c1-16(22-14-18-9-8-10-19(26)13-18)20-15-23-21(24-17(20)2)25-11-6-4-3-5-7-12-25/h8-10,13,15-16,22,26H,3-7,11-12,14H2,1-2H3. The number of phenols is 1. The monoisotopic (exact) mass is 354 g/mol. The van der Waals surface area contributed by atoms with Gasteiger partial charge in [-0.2, -0.15) is 0 Å². The molecule has 0 aliphatic carbocycles. The van der Waals surface area contributed by atoms with Gasteiger partial charge in [-0.05, 0) is 44.4 Å². The van der Waals surface area contributed by atoms with Crippen LogP contribution < -0.4 is 10.2 Å². The summed E-state index contributed by atoms with van der Waals surface area (Å²) in [6.45, 7) is 7.01. The van der Waals surface area contributed by atoms with Crippen molar-refractivity contribution in [1.29, 1.82) is 0 Å². The van der Waals surface area contributed by atoms with Crippen LogP contribution in [0.1, 0.15) is 61.9 Å². The van der Waals surface area contributed by atoms with Gasteiger partial charge in [0, 0.05) is 43.1 Å². The number of nitrogens with one attached hydrogen (secondary N) is 1. The summed E-state index contributed by atoms with van der Waals surface area (Å²) in [6.07, 6.45) is 8.40. The van der Waals surface area contributed by atoms with Gasteiger partial charge in [-0.25, -0.2) is 9.97 Å². The first kappa shape index (κ1) is 18.6. The van der Waals surface area contributed by atoms with Crippen molar-refractivity contribution in [3.05, 3.63) is 47.3 Å². The number of aromatic hydroxyl groups is 1. The fourth-order valence-corrected chi connectivity index (χ4v) is 3.54. The van der Waals surface area contributed by atoms with Gasteiger partial charge in [-0.1, -0.05) is 31.4 Å². The highest BCUT2D eigenvalue weighted by Crippen LogP contribution is 2.21. The van der Waals surface area contributed by atoms with Crippen LogP contribution >= 0.6 is 0 Å². The van der Waals surface area contributed by atoms with E-state index in [9.17, 15) is 5.11 Å². The summed E-state index contributed by atoms with van der Waals surface area (Å²) in [4.78, 5) is 11.8. The van der Waals surface area contributed by atoms with Gasteiger partial charge in [0.05, 0.1) is 0 Å². The third-order valence-electron chi connectivity index (χ3n) is 5.13. The van der Waals surface area contributed by atoms with Crippen LogP contribution in [0.4, 0.5) is 5.95 Å². The van der Waals surface area contributed by atoms with E-state index in [1.807, 2.05) is 18.3 Å². The molecule has 1 saturated heterocycles. The van der Waals surface area contributed by atoms with Gasteiger partial charge < -0.3 is 15.3 Å². The molecule has 5 heteroatoms. The Kier molecular flexibility index (Phi) is 6.45. The summed E-state index contributed by atoms with van der Waals surface area (Å²) in [7, 11) is 0. The number of phenolic OH excluding ortho intramolecular Hbond substituents is 1. The zero-order chi connectivity index (χ0) is 18.4. The third kappa shape index (κ3) is 4.94. The van der Waals surface area contributed by atoms with Crippen LogP contribution in [0.15, 0.2) is 30.5 Å². The van der Waals surface area contributed by atoms with E-state index < -0.39 is 0 Å². The van der Waals surface area contributed by atoms with Gasteiger partial charge in [-0.3, -0.25) is 0 Å². The molecule has 0 spiro atoms. The summed E-state index contributed by atoms with van der Waals surface area (Å²) < 4.78 is 0. The number of anilines is 1. The Bertz CT molecular complexity index is 711. The lowest BCUT2D eigenvalue weighted by molar-refractivity contribution is 0.473. The molecule has 1 unspecified atom stereocenters. The van der Waals surface area contributed by atoms with Gasteiger partial charge in [0.15, 0.2) is 0 Å². The normalized spacial score (nSPS) is 16.8. The number of nitrogens with zero attached hydrogens (tertiary/aromatic N) is 3. The fraction of sp³-hybridized carbons (Fsp3) is 0.524. The van der Waals surface area contributed by atoms with Crippen LogP contribution in [0.2, 0.25) is 0 Å². The van der Waals surface area contributed by atoms with E-state index in [0.717, 1.165) is 35.9 Å². The molecule has 1 aliphatic rings. The molecular formula is C21H30N4O. The van der Waals surface area contributed by atoms with Gasteiger partial charge in [0.1, 0.15) is 5.75 Å². The average Bonchev–Trinajstić information content (AvgIpc) is 2.59. The average molecular weight is 354 g/mol. The predicted octanol–water partition coefficient (Wildman–Crippen LogP) is 4.11. The molecule has 2 heterocycles. The zero-order valence-corrected chi connectivity index (χ0v) is 15.9. The molecule has 1 atom stereocenters. The van der Waals surface area contributed by atoms with Gasteiger partial charge in [0.2, 0.25) is 5.95 Å². The number of hydrogen-bond donors (Lipinski definition) is 2. The van der Waals surface area contributed by atoms with Crippen molar-refractivity contribution in [3.8, 4) is 5.75 Å². The SMILES string of the molecule is Cc1nc(N2CCCCCCC2)ncc1C(C)NCc1cccc(O)c1. The van der Waals surface area contributed by atoms with Crippen molar-refractivity contribution in [1.82, 2.24) is 15.3 Å². The molecule has 0 bridgehead atoms. The molecule has 2 N–H and O–H groups in total. The van der Waals surface area contributed by atoms with E-state index >= 15 is 0 Å². The lowest BCUT2D eigenvalue weighted by atomic mass is 10.1. The van der Waals surface area contributed by atoms with E-state index in [-0.39, 0.29) is 6.04 Å². The largest absolute Gasteiger partial charge is 0.508 e. The van der Waals surface area contributed by atoms with Crippen molar-refractivity contribution in [3.63, 3.8) is 0 Å². The second-order valence-electron chi connectivity index (χ2n) is 7.24. The third-order valence-corrected chi connectivity index (χ3v) is 5.13. The Hall–Kier alpha value is -2.14. The first-order valence-electron chi connectivity index (χ1n) is 9.73. The van der Waals surface area contributed by atoms with E-state index in [1.54, 1.807) is 12.1 Å². The summed E-state index contributed by atoms with van der Waals surface area (Å²) >= 11 is 0. The molecule has 1 aliphatic heterocycles. The molecule has 1 aromatic carbocycles. The second-order valence-corrected chi connectivity index (χ2v) is 7.24. The smallest absolute Gasteiger partial charge is 0.225 e. The van der Waals surface area contributed by atoms with Crippen molar-refractivity contribution in [2.75, 3.05) is 18.0 Å². The quantitative estimate of drug-likeness (QED) is 0.846. The van der Waals surface area contributed by atoms with E-state index in [2.05, 4.69) is 29.0 Å². The molecule has 1 aromatic heterocycles. The molecule has 0 radical (unpaired) electrons. The van der Waals surface area contributed by atoms with E-state index in [4.69, 9.17) is 4.98 Å². The Morgan fingerprint density at radius 2 is 1.88 bits per heavy atom.